The van der Waals surface area contributed by atoms with Gasteiger partial charge in [0.2, 0.25) is 9.74 Å². The van der Waals surface area contributed by atoms with Gasteiger partial charge in [-0.1, -0.05) is 64.6 Å². The number of hydrogen-bond acceptors (Lipinski definition) is 5. The van der Waals surface area contributed by atoms with Crippen molar-refractivity contribution in [1.82, 2.24) is 19.9 Å². The number of carboxylic acid groups (broad SMARTS) is 1. The van der Waals surface area contributed by atoms with Crippen LogP contribution in [0, 0.1) is 6.92 Å². The van der Waals surface area contributed by atoms with Crippen LogP contribution in [-0.4, -0.2) is 56.2 Å². The molecule has 1 N–H and O–H groups in total. The third-order valence-corrected chi connectivity index (χ3v) is 5.44. The molecule has 2 bridgehead atoms. The smallest absolute Gasteiger partial charge is 0.407 e. The Bertz CT molecular complexity index is 887. The number of likely N-dealkylation sites (tertiary alicyclic amines) is 1. The molecule has 2 aliphatic heterocycles. The number of hydrogen-bond donors (Lipinski definition) is 1. The number of amides is 1. The summed E-state index contributed by atoms with van der Waals surface area (Å²) in [5.41, 5.74) is 1.90. The molecule has 7 nitrogen and oxygen atoms in total. The van der Waals surface area contributed by atoms with Gasteiger partial charge in [0.25, 0.3) is 0 Å². The molecule has 2 aliphatic rings. The number of carbonyl (C=O) groups is 1. The molecule has 27 heavy (non-hydrogen) atoms. The van der Waals surface area contributed by atoms with Crippen LogP contribution in [0.4, 0.5) is 10.7 Å². The Labute approximate surface area is 170 Å². The lowest BCUT2D eigenvalue weighted by atomic mass is 10.1. The molecule has 0 aliphatic carbocycles. The largest absolute Gasteiger partial charge is 0.465 e. The second-order valence-corrected chi connectivity index (χ2v) is 9.06. The van der Waals surface area contributed by atoms with Crippen molar-refractivity contribution < 1.29 is 9.90 Å². The van der Waals surface area contributed by atoms with Gasteiger partial charge >= 0.3 is 6.09 Å². The molecule has 142 valence electrons. The minimum Gasteiger partial charge on any atom is -0.465 e. The van der Waals surface area contributed by atoms with E-state index in [0.29, 0.717) is 24.9 Å². The van der Waals surface area contributed by atoms with Gasteiger partial charge in [-0.05, 0) is 13.3 Å². The number of rotatable bonds is 2. The Balaban J connectivity index is 1.72. The van der Waals surface area contributed by atoms with Gasteiger partial charge in [-0.2, -0.15) is 9.97 Å². The molecule has 3 heterocycles. The fraction of sp³-hybridized carbons (Fsp3) is 0.412. The van der Waals surface area contributed by atoms with Crippen LogP contribution in [0.25, 0.3) is 11.4 Å². The summed E-state index contributed by atoms with van der Waals surface area (Å²) in [6, 6.07) is 7.63. The minimum atomic E-state index is -1.79. The summed E-state index contributed by atoms with van der Waals surface area (Å²) in [5, 5.41) is 9.27. The first-order valence-electron chi connectivity index (χ1n) is 8.39. The average molecular weight is 429 g/mol. The third kappa shape index (κ3) is 3.51. The first-order valence-corrected chi connectivity index (χ1v) is 9.52. The van der Waals surface area contributed by atoms with E-state index in [1.54, 1.807) is 0 Å². The van der Waals surface area contributed by atoms with Crippen molar-refractivity contribution in [2.45, 2.75) is 29.2 Å². The number of aromatic nitrogens is 3. The number of aryl methyl sites for hydroxylation is 1. The molecular formula is C17H16Cl3N5O2. The molecule has 0 saturated carbocycles. The Hall–Kier alpha value is -1.83. The van der Waals surface area contributed by atoms with Gasteiger partial charge in [0, 0.05) is 18.7 Å². The topological polar surface area (TPSA) is 82.5 Å². The molecule has 10 heteroatoms. The van der Waals surface area contributed by atoms with Crippen molar-refractivity contribution in [3.8, 4) is 11.4 Å². The normalized spacial score (nSPS) is 21.8. The van der Waals surface area contributed by atoms with Gasteiger partial charge in [-0.15, -0.1) is 0 Å². The predicted octanol–water partition coefficient (Wildman–Crippen LogP) is 3.61. The van der Waals surface area contributed by atoms with Crippen molar-refractivity contribution in [1.29, 1.82) is 0 Å². The van der Waals surface area contributed by atoms with Crippen LogP contribution in [0.5, 0.6) is 0 Å². The van der Waals surface area contributed by atoms with Gasteiger partial charge in [-0.3, -0.25) is 0 Å². The molecular weight excluding hydrogens is 413 g/mol. The van der Waals surface area contributed by atoms with Gasteiger partial charge in [0.05, 0.1) is 12.1 Å². The molecule has 1 aromatic carbocycles. The number of fused-ring (bicyclic) bond motifs is 2. The summed E-state index contributed by atoms with van der Waals surface area (Å²) in [6.07, 6.45) is -0.166. The lowest BCUT2D eigenvalue weighted by Crippen LogP contribution is -2.49. The van der Waals surface area contributed by atoms with Crippen LogP contribution in [0.3, 0.4) is 0 Å². The number of anilines is 1. The maximum atomic E-state index is 11.3. The minimum absolute atomic E-state index is 0.00240. The average Bonchev–Trinajstić information content (AvgIpc) is 3.22. The van der Waals surface area contributed by atoms with Crippen molar-refractivity contribution >= 4 is 46.8 Å². The van der Waals surface area contributed by atoms with Crippen LogP contribution in [0.2, 0.25) is 0 Å². The Morgan fingerprint density at radius 3 is 2.37 bits per heavy atom. The van der Waals surface area contributed by atoms with Crippen LogP contribution >= 0.6 is 34.8 Å². The van der Waals surface area contributed by atoms with Crippen LogP contribution < -0.4 is 4.90 Å². The summed E-state index contributed by atoms with van der Waals surface area (Å²) in [4.78, 5) is 28.0. The molecule has 2 atom stereocenters. The zero-order valence-corrected chi connectivity index (χ0v) is 16.6. The molecule has 0 radical (unpaired) electrons. The van der Waals surface area contributed by atoms with E-state index in [0.717, 1.165) is 17.5 Å². The summed E-state index contributed by atoms with van der Waals surface area (Å²) >= 11 is 18.1. The molecule has 2 fully saturated rings. The quantitative estimate of drug-likeness (QED) is 0.736. The molecule has 0 spiro atoms. The van der Waals surface area contributed by atoms with Crippen molar-refractivity contribution in [2.75, 3.05) is 18.0 Å². The van der Waals surface area contributed by atoms with E-state index >= 15 is 0 Å². The summed E-state index contributed by atoms with van der Waals surface area (Å²) in [6.45, 7) is 2.91. The molecule has 2 saturated heterocycles. The standard InChI is InChI=1S/C17H16Cl3N5O2/c1-9-2-4-10(5-3-9)13-21-14(17(18,19)20)23-15(22-13)24-7-12-6-11(24)8-25(12)16(26)27/h2-5,11-12H,6-8H2,1H3,(H,26,27). The highest BCUT2D eigenvalue weighted by Crippen LogP contribution is 2.39. The van der Waals surface area contributed by atoms with Gasteiger partial charge in [0.15, 0.2) is 11.6 Å². The summed E-state index contributed by atoms with van der Waals surface area (Å²) in [5.74, 6) is 0.865. The van der Waals surface area contributed by atoms with Crippen LogP contribution in [0.1, 0.15) is 17.8 Å². The second-order valence-electron chi connectivity index (χ2n) is 6.78. The molecule has 1 amide bonds. The highest BCUT2D eigenvalue weighted by Gasteiger charge is 2.46. The van der Waals surface area contributed by atoms with E-state index in [9.17, 15) is 9.90 Å². The van der Waals surface area contributed by atoms with Gasteiger partial charge < -0.3 is 14.9 Å². The number of benzene rings is 1. The van der Waals surface area contributed by atoms with E-state index < -0.39 is 9.89 Å². The van der Waals surface area contributed by atoms with E-state index in [4.69, 9.17) is 34.8 Å². The van der Waals surface area contributed by atoms with E-state index in [1.165, 1.54) is 4.90 Å². The van der Waals surface area contributed by atoms with Gasteiger partial charge in [0.1, 0.15) is 0 Å². The van der Waals surface area contributed by atoms with E-state index in [-0.39, 0.29) is 17.9 Å². The SMILES string of the molecule is Cc1ccc(-c2nc(N3CC4CC3CN4C(=O)O)nc(C(Cl)(Cl)Cl)n2)cc1. The highest BCUT2D eigenvalue weighted by molar-refractivity contribution is 6.66. The number of alkyl halides is 3. The highest BCUT2D eigenvalue weighted by atomic mass is 35.6. The number of halogens is 3. The lowest BCUT2D eigenvalue weighted by molar-refractivity contribution is 0.137. The first kappa shape index (κ1) is 18.5. The van der Waals surface area contributed by atoms with Crippen LogP contribution in [0.15, 0.2) is 24.3 Å². The van der Waals surface area contributed by atoms with Crippen molar-refractivity contribution in [3.05, 3.63) is 35.7 Å². The fourth-order valence-corrected chi connectivity index (χ4v) is 3.85. The number of piperazine rings is 1. The molecule has 4 rings (SSSR count). The fourth-order valence-electron chi connectivity index (χ4n) is 3.60. The first-order chi connectivity index (χ1) is 12.7. The zero-order chi connectivity index (χ0) is 19.3. The number of nitrogens with zero attached hydrogens (tertiary/aromatic N) is 5. The van der Waals surface area contributed by atoms with Crippen molar-refractivity contribution in [3.63, 3.8) is 0 Å². The summed E-state index contributed by atoms with van der Waals surface area (Å²) < 4.78 is -1.79. The maximum absolute atomic E-state index is 11.3. The second kappa shape index (κ2) is 6.65. The Kier molecular flexibility index (Phi) is 4.56. The Morgan fingerprint density at radius 1 is 1.11 bits per heavy atom. The summed E-state index contributed by atoms with van der Waals surface area (Å²) in [7, 11) is 0. The molecule has 2 aromatic rings. The molecule has 2 unspecified atom stereocenters. The van der Waals surface area contributed by atoms with E-state index in [2.05, 4.69) is 15.0 Å². The molecule has 1 aromatic heterocycles. The maximum Gasteiger partial charge on any atom is 0.407 e. The third-order valence-electron chi connectivity index (χ3n) is 4.93. The predicted molar refractivity (Wildman–Crippen MR) is 104 cm³/mol. The zero-order valence-electron chi connectivity index (χ0n) is 14.3. The van der Waals surface area contributed by atoms with Crippen molar-refractivity contribution in [2.24, 2.45) is 0 Å². The van der Waals surface area contributed by atoms with Crippen LogP contribution in [-0.2, 0) is 3.79 Å². The lowest BCUT2D eigenvalue weighted by Gasteiger charge is -2.33. The van der Waals surface area contributed by atoms with Gasteiger partial charge in [-0.25, -0.2) is 9.78 Å². The van der Waals surface area contributed by atoms with E-state index in [1.807, 2.05) is 36.1 Å². The monoisotopic (exact) mass is 427 g/mol. The Morgan fingerprint density at radius 2 is 1.81 bits per heavy atom.